The molecule has 0 N–H and O–H groups in total. The molecule has 1 aliphatic carbocycles. The fourth-order valence-corrected chi connectivity index (χ4v) is 5.00. The SMILES string of the molecule is O=C(COC[C@]12CCCO[C@@H]1CCN(C1CCC1)C2)N1CCCC1. The van der Waals surface area contributed by atoms with Crippen LogP contribution in [0.15, 0.2) is 0 Å². The summed E-state index contributed by atoms with van der Waals surface area (Å²) in [6, 6.07) is 0.788. The van der Waals surface area contributed by atoms with Gasteiger partial charge in [-0.15, -0.1) is 0 Å². The molecule has 0 aromatic carbocycles. The first-order valence-electron chi connectivity index (χ1n) is 9.98. The highest BCUT2D eigenvalue weighted by atomic mass is 16.5. The molecule has 0 bridgehead atoms. The zero-order chi connectivity index (χ0) is 16.4. The highest BCUT2D eigenvalue weighted by molar-refractivity contribution is 5.77. The van der Waals surface area contributed by atoms with Crippen LogP contribution in [0, 0.1) is 5.41 Å². The molecule has 0 aromatic heterocycles. The Labute approximate surface area is 145 Å². The number of hydrogen-bond acceptors (Lipinski definition) is 4. The van der Waals surface area contributed by atoms with Crippen LogP contribution in [0.1, 0.15) is 51.4 Å². The summed E-state index contributed by atoms with van der Waals surface area (Å²) in [6.45, 7) is 5.91. The minimum atomic E-state index is 0.109. The number of likely N-dealkylation sites (tertiary alicyclic amines) is 2. The first-order chi connectivity index (χ1) is 11.8. The topological polar surface area (TPSA) is 42.0 Å². The maximum absolute atomic E-state index is 12.2. The van der Waals surface area contributed by atoms with Gasteiger partial charge in [0.05, 0.1) is 12.7 Å². The lowest BCUT2D eigenvalue weighted by atomic mass is 9.72. The minimum absolute atomic E-state index is 0.109. The molecule has 5 heteroatoms. The van der Waals surface area contributed by atoms with Crippen LogP contribution in [0.4, 0.5) is 0 Å². The Kier molecular flexibility index (Phi) is 5.11. The Bertz CT molecular complexity index is 448. The summed E-state index contributed by atoms with van der Waals surface area (Å²) in [5.41, 5.74) is 0.109. The van der Waals surface area contributed by atoms with Gasteiger partial charge in [0.25, 0.3) is 0 Å². The Balaban J connectivity index is 1.34. The van der Waals surface area contributed by atoms with Crippen molar-refractivity contribution >= 4 is 5.91 Å². The summed E-state index contributed by atoms with van der Waals surface area (Å²) >= 11 is 0. The van der Waals surface area contributed by atoms with Gasteiger partial charge in [-0.05, 0) is 44.9 Å². The van der Waals surface area contributed by atoms with E-state index in [9.17, 15) is 4.79 Å². The number of carbonyl (C=O) groups excluding carboxylic acids is 1. The van der Waals surface area contributed by atoms with E-state index < -0.39 is 0 Å². The van der Waals surface area contributed by atoms with Crippen LogP contribution in [-0.4, -0.2) is 73.9 Å². The molecule has 0 aromatic rings. The van der Waals surface area contributed by atoms with E-state index in [-0.39, 0.29) is 17.9 Å². The summed E-state index contributed by atoms with van der Waals surface area (Å²) < 4.78 is 12.1. The predicted molar refractivity (Wildman–Crippen MR) is 91.9 cm³/mol. The molecule has 0 unspecified atom stereocenters. The van der Waals surface area contributed by atoms with Gasteiger partial charge in [-0.2, -0.15) is 0 Å². The van der Waals surface area contributed by atoms with E-state index in [1.807, 2.05) is 4.90 Å². The molecule has 0 radical (unpaired) electrons. The molecule has 3 aliphatic heterocycles. The number of rotatable bonds is 5. The number of fused-ring (bicyclic) bond motifs is 1. The Hall–Kier alpha value is -0.650. The van der Waals surface area contributed by atoms with E-state index in [1.54, 1.807) is 0 Å². The molecule has 24 heavy (non-hydrogen) atoms. The lowest BCUT2D eigenvalue weighted by Gasteiger charge is -2.53. The van der Waals surface area contributed by atoms with E-state index >= 15 is 0 Å². The van der Waals surface area contributed by atoms with Crippen LogP contribution in [-0.2, 0) is 14.3 Å². The molecule has 0 spiro atoms. The van der Waals surface area contributed by atoms with Crippen molar-refractivity contribution in [2.45, 2.75) is 63.5 Å². The number of ether oxygens (including phenoxy) is 2. The molecule has 4 fully saturated rings. The second kappa shape index (κ2) is 7.30. The average Bonchev–Trinajstić information content (AvgIpc) is 3.07. The van der Waals surface area contributed by atoms with E-state index in [0.717, 1.165) is 58.0 Å². The lowest BCUT2D eigenvalue weighted by Crippen LogP contribution is -2.59. The van der Waals surface area contributed by atoms with Gasteiger partial charge in [0, 0.05) is 44.2 Å². The Morgan fingerprint density at radius 1 is 1.08 bits per heavy atom. The van der Waals surface area contributed by atoms with Crippen molar-refractivity contribution in [2.24, 2.45) is 5.41 Å². The predicted octanol–water partition coefficient (Wildman–Crippen LogP) is 2.05. The molecule has 136 valence electrons. The third-order valence-electron chi connectivity index (χ3n) is 6.68. The second-order valence-corrected chi connectivity index (χ2v) is 8.25. The summed E-state index contributed by atoms with van der Waals surface area (Å²) in [4.78, 5) is 16.9. The van der Waals surface area contributed by atoms with Crippen molar-refractivity contribution in [1.82, 2.24) is 9.80 Å². The van der Waals surface area contributed by atoms with Gasteiger partial charge >= 0.3 is 0 Å². The quantitative estimate of drug-likeness (QED) is 0.771. The van der Waals surface area contributed by atoms with Gasteiger partial charge in [0.1, 0.15) is 6.61 Å². The number of hydrogen-bond donors (Lipinski definition) is 0. The molecule has 1 amide bonds. The van der Waals surface area contributed by atoms with E-state index in [4.69, 9.17) is 9.47 Å². The summed E-state index contributed by atoms with van der Waals surface area (Å²) in [5.74, 6) is 0.170. The van der Waals surface area contributed by atoms with Gasteiger partial charge in [0.15, 0.2) is 0 Å². The molecule has 4 rings (SSSR count). The first-order valence-corrected chi connectivity index (χ1v) is 9.98. The van der Waals surface area contributed by atoms with Crippen LogP contribution in [0.5, 0.6) is 0 Å². The third-order valence-corrected chi connectivity index (χ3v) is 6.68. The maximum atomic E-state index is 12.2. The van der Waals surface area contributed by atoms with Gasteiger partial charge in [-0.3, -0.25) is 9.69 Å². The fourth-order valence-electron chi connectivity index (χ4n) is 5.00. The van der Waals surface area contributed by atoms with Crippen LogP contribution in [0.2, 0.25) is 0 Å². The maximum Gasteiger partial charge on any atom is 0.248 e. The van der Waals surface area contributed by atoms with Crippen molar-refractivity contribution in [2.75, 3.05) is 46.0 Å². The molecule has 5 nitrogen and oxygen atoms in total. The van der Waals surface area contributed by atoms with Crippen molar-refractivity contribution in [1.29, 1.82) is 0 Å². The molecule has 3 heterocycles. The van der Waals surface area contributed by atoms with Crippen molar-refractivity contribution in [3.63, 3.8) is 0 Å². The monoisotopic (exact) mass is 336 g/mol. The van der Waals surface area contributed by atoms with E-state index in [2.05, 4.69) is 4.90 Å². The van der Waals surface area contributed by atoms with Crippen LogP contribution in [0.3, 0.4) is 0 Å². The van der Waals surface area contributed by atoms with E-state index in [0.29, 0.717) is 12.7 Å². The van der Waals surface area contributed by atoms with Gasteiger partial charge in [-0.1, -0.05) is 6.42 Å². The largest absolute Gasteiger partial charge is 0.377 e. The lowest BCUT2D eigenvalue weighted by molar-refractivity contribution is -0.165. The smallest absolute Gasteiger partial charge is 0.248 e. The van der Waals surface area contributed by atoms with Crippen LogP contribution < -0.4 is 0 Å². The standard InChI is InChI=1S/C19H32N2O3/c22-18(20-9-1-2-10-20)13-23-15-19-8-4-12-24-17(19)7-11-21(14-19)16-5-3-6-16/h16-17H,1-15H2/t17-,19-/m1/s1. The fraction of sp³-hybridized carbons (Fsp3) is 0.947. The Morgan fingerprint density at radius 3 is 2.67 bits per heavy atom. The molecule has 1 saturated carbocycles. The number of amides is 1. The minimum Gasteiger partial charge on any atom is -0.377 e. The summed E-state index contributed by atoms with van der Waals surface area (Å²) in [5, 5.41) is 0. The van der Waals surface area contributed by atoms with Gasteiger partial charge in [-0.25, -0.2) is 0 Å². The first kappa shape index (κ1) is 16.8. The van der Waals surface area contributed by atoms with Crippen molar-refractivity contribution < 1.29 is 14.3 Å². The molecule has 4 aliphatic rings. The van der Waals surface area contributed by atoms with Crippen molar-refractivity contribution in [3.8, 4) is 0 Å². The third kappa shape index (κ3) is 3.35. The van der Waals surface area contributed by atoms with Gasteiger partial charge in [0.2, 0.25) is 5.91 Å². The number of nitrogens with zero attached hydrogens (tertiary/aromatic N) is 2. The van der Waals surface area contributed by atoms with Gasteiger partial charge < -0.3 is 14.4 Å². The molecular weight excluding hydrogens is 304 g/mol. The summed E-state index contributed by atoms with van der Waals surface area (Å²) in [6.07, 6.45) is 10.1. The average molecular weight is 336 g/mol. The zero-order valence-corrected chi connectivity index (χ0v) is 14.9. The van der Waals surface area contributed by atoms with Crippen LogP contribution >= 0.6 is 0 Å². The highest BCUT2D eigenvalue weighted by Gasteiger charge is 2.47. The van der Waals surface area contributed by atoms with E-state index in [1.165, 1.54) is 32.2 Å². The highest BCUT2D eigenvalue weighted by Crippen LogP contribution is 2.42. The Morgan fingerprint density at radius 2 is 1.92 bits per heavy atom. The summed E-state index contributed by atoms with van der Waals surface area (Å²) in [7, 11) is 0. The molecule has 2 atom stereocenters. The van der Waals surface area contributed by atoms with Crippen LogP contribution in [0.25, 0.3) is 0 Å². The normalized spacial score (nSPS) is 34.8. The zero-order valence-electron chi connectivity index (χ0n) is 14.9. The second-order valence-electron chi connectivity index (χ2n) is 8.25. The molecular formula is C19H32N2O3. The molecule has 3 saturated heterocycles. The number of piperidine rings is 1. The number of carbonyl (C=O) groups is 1. The van der Waals surface area contributed by atoms with Crippen molar-refractivity contribution in [3.05, 3.63) is 0 Å².